The molecule has 2 atom stereocenters. The summed E-state index contributed by atoms with van der Waals surface area (Å²) in [6, 6.07) is 8.99. The third kappa shape index (κ3) is 6.04. The van der Waals surface area contributed by atoms with E-state index in [1.807, 2.05) is 16.7 Å². The number of nitrogens with one attached hydrogen (secondary N) is 1. The molecule has 0 aliphatic carbocycles. The van der Waals surface area contributed by atoms with Crippen molar-refractivity contribution in [1.82, 2.24) is 20.0 Å². The van der Waals surface area contributed by atoms with Gasteiger partial charge in [-0.2, -0.15) is 25.3 Å². The summed E-state index contributed by atoms with van der Waals surface area (Å²) in [6.07, 6.45) is 1.56. The van der Waals surface area contributed by atoms with Crippen molar-refractivity contribution in [1.29, 1.82) is 0 Å². The van der Waals surface area contributed by atoms with Gasteiger partial charge in [0.2, 0.25) is 0 Å². The highest BCUT2D eigenvalue weighted by Crippen LogP contribution is 2.20. The zero-order valence-electron chi connectivity index (χ0n) is 17.1. The lowest BCUT2D eigenvalue weighted by molar-refractivity contribution is 0.104. The Balaban J connectivity index is 0.00000240. The number of aliphatic hydroxyl groups is 1. The molecule has 0 radical (unpaired) electrons. The lowest BCUT2D eigenvalue weighted by atomic mass is 10.00. The van der Waals surface area contributed by atoms with Crippen molar-refractivity contribution < 1.29 is 9.90 Å². The summed E-state index contributed by atoms with van der Waals surface area (Å²) in [5.74, 6) is 2.41. The average Bonchev–Trinajstić information content (AvgIpc) is 3.23. The van der Waals surface area contributed by atoms with Gasteiger partial charge < -0.3 is 15.3 Å². The number of fused-ring (bicyclic) bond motifs is 1. The summed E-state index contributed by atoms with van der Waals surface area (Å²) in [7, 11) is 0. The van der Waals surface area contributed by atoms with E-state index in [0.29, 0.717) is 19.1 Å². The van der Waals surface area contributed by atoms with Gasteiger partial charge in [0.1, 0.15) is 0 Å². The smallest absolute Gasteiger partial charge is 0.317 e. The molecule has 29 heavy (non-hydrogen) atoms. The number of benzene rings is 1. The molecule has 2 amide bonds. The molecule has 1 aromatic rings. The highest BCUT2D eigenvalue weighted by atomic mass is 32.2. The monoisotopic (exact) mass is 438 g/mol. The fourth-order valence-electron chi connectivity index (χ4n) is 4.56. The Kier molecular flexibility index (Phi) is 8.56. The molecular formula is C21H34N4O2S2. The number of likely N-dealkylation sites (tertiary alicyclic amines) is 1. The predicted molar refractivity (Wildman–Crippen MR) is 124 cm³/mol. The summed E-state index contributed by atoms with van der Waals surface area (Å²) in [5, 5.41) is 13.4. The van der Waals surface area contributed by atoms with E-state index in [9.17, 15) is 9.90 Å². The maximum Gasteiger partial charge on any atom is 0.317 e. The standard InChI is InChI=1S/C21H32N4O2S.H2S/c26-20(16-23-7-5-17-3-1-2-4-18(17)14-23)13-22-21(27)25-8-6-19(15-25)24-9-11-28-12-10-24;/h1-4,19-20,26H,5-16H2,(H,22,27);1H2/t19?,20-;/m0./s1. The van der Waals surface area contributed by atoms with Crippen molar-refractivity contribution in [2.75, 3.05) is 57.3 Å². The Morgan fingerprint density at radius 3 is 2.72 bits per heavy atom. The number of hydrogen-bond acceptors (Lipinski definition) is 5. The normalized spacial score (nSPS) is 23.9. The lowest BCUT2D eigenvalue weighted by Crippen LogP contribution is -2.47. The molecule has 0 spiro atoms. The molecule has 2 fully saturated rings. The van der Waals surface area contributed by atoms with Gasteiger partial charge in [0.05, 0.1) is 6.10 Å². The first-order valence-electron chi connectivity index (χ1n) is 10.5. The fourth-order valence-corrected chi connectivity index (χ4v) is 5.49. The molecule has 2 N–H and O–H groups in total. The Labute approximate surface area is 185 Å². The first-order chi connectivity index (χ1) is 13.7. The zero-order valence-corrected chi connectivity index (χ0v) is 18.9. The Bertz CT molecular complexity index is 672. The number of rotatable bonds is 5. The molecular weight excluding hydrogens is 404 g/mol. The van der Waals surface area contributed by atoms with Crippen LogP contribution in [0.3, 0.4) is 0 Å². The first-order valence-corrected chi connectivity index (χ1v) is 11.7. The number of hydrogen-bond donors (Lipinski definition) is 2. The molecule has 0 saturated carbocycles. The van der Waals surface area contributed by atoms with Gasteiger partial charge in [-0.05, 0) is 24.0 Å². The number of thioether (sulfide) groups is 1. The SMILES string of the molecule is O=C(NC[C@H](O)CN1CCc2ccccc2C1)N1CCC(N2CCSCC2)C1.S. The van der Waals surface area contributed by atoms with E-state index >= 15 is 0 Å². The van der Waals surface area contributed by atoms with Crippen molar-refractivity contribution in [3.05, 3.63) is 35.4 Å². The number of β-amino-alcohol motifs (C(OH)–C–C–N with tert-alkyl or cyclic N) is 1. The highest BCUT2D eigenvalue weighted by Gasteiger charge is 2.31. The van der Waals surface area contributed by atoms with Crippen LogP contribution in [-0.2, 0) is 13.0 Å². The number of aliphatic hydroxyl groups excluding tert-OH is 1. The summed E-state index contributed by atoms with van der Waals surface area (Å²) < 4.78 is 0. The molecule has 3 aliphatic rings. The van der Waals surface area contributed by atoms with E-state index in [1.54, 1.807) is 0 Å². The summed E-state index contributed by atoms with van der Waals surface area (Å²) >= 11 is 2.02. The van der Waals surface area contributed by atoms with E-state index in [-0.39, 0.29) is 19.5 Å². The fraction of sp³-hybridized carbons (Fsp3) is 0.667. The number of nitrogens with zero attached hydrogens (tertiary/aromatic N) is 3. The van der Waals surface area contributed by atoms with Crippen LogP contribution in [-0.4, -0.2) is 95.3 Å². The van der Waals surface area contributed by atoms with Gasteiger partial charge in [-0.25, -0.2) is 4.79 Å². The molecule has 162 valence electrons. The summed E-state index contributed by atoms with van der Waals surface area (Å²) in [4.78, 5) is 19.2. The number of carbonyl (C=O) groups excluding carboxylic acids is 1. The maximum absolute atomic E-state index is 12.5. The van der Waals surface area contributed by atoms with Crippen LogP contribution < -0.4 is 5.32 Å². The van der Waals surface area contributed by atoms with Crippen molar-refractivity contribution in [2.24, 2.45) is 0 Å². The van der Waals surface area contributed by atoms with Crippen LogP contribution in [0.25, 0.3) is 0 Å². The molecule has 4 rings (SSSR count). The van der Waals surface area contributed by atoms with E-state index in [0.717, 1.165) is 52.1 Å². The molecule has 3 heterocycles. The minimum absolute atomic E-state index is 0. The highest BCUT2D eigenvalue weighted by molar-refractivity contribution is 7.99. The first kappa shape index (κ1) is 22.7. The Morgan fingerprint density at radius 1 is 1.17 bits per heavy atom. The third-order valence-electron chi connectivity index (χ3n) is 6.18. The number of carbonyl (C=O) groups is 1. The number of urea groups is 1. The largest absolute Gasteiger partial charge is 0.390 e. The van der Waals surface area contributed by atoms with Crippen LogP contribution in [0.15, 0.2) is 24.3 Å². The summed E-state index contributed by atoms with van der Waals surface area (Å²) in [5.41, 5.74) is 2.77. The lowest BCUT2D eigenvalue weighted by Gasteiger charge is -2.32. The van der Waals surface area contributed by atoms with Crippen molar-refractivity contribution >= 4 is 31.3 Å². The Morgan fingerprint density at radius 2 is 1.93 bits per heavy atom. The van der Waals surface area contributed by atoms with Gasteiger partial charge in [0.25, 0.3) is 0 Å². The van der Waals surface area contributed by atoms with Gasteiger partial charge in [-0.1, -0.05) is 24.3 Å². The van der Waals surface area contributed by atoms with E-state index < -0.39 is 6.10 Å². The van der Waals surface area contributed by atoms with Crippen molar-refractivity contribution in [3.63, 3.8) is 0 Å². The van der Waals surface area contributed by atoms with Crippen molar-refractivity contribution in [3.8, 4) is 0 Å². The van der Waals surface area contributed by atoms with Crippen LogP contribution in [0.1, 0.15) is 17.5 Å². The molecule has 3 aliphatic heterocycles. The Hall–Kier alpha value is -0.930. The average molecular weight is 439 g/mol. The minimum atomic E-state index is -0.535. The van der Waals surface area contributed by atoms with Crippen LogP contribution >= 0.6 is 25.3 Å². The van der Waals surface area contributed by atoms with Crippen LogP contribution in [0, 0.1) is 0 Å². The van der Waals surface area contributed by atoms with Crippen molar-refractivity contribution in [2.45, 2.75) is 31.5 Å². The molecule has 2 saturated heterocycles. The van der Waals surface area contributed by atoms with Crippen LogP contribution in [0.2, 0.25) is 0 Å². The van der Waals surface area contributed by atoms with E-state index in [1.165, 1.54) is 22.6 Å². The molecule has 0 bridgehead atoms. The van der Waals surface area contributed by atoms with Crippen LogP contribution in [0.5, 0.6) is 0 Å². The number of amides is 2. The molecule has 8 heteroatoms. The quantitative estimate of drug-likeness (QED) is 0.727. The molecule has 6 nitrogen and oxygen atoms in total. The maximum atomic E-state index is 12.5. The van der Waals surface area contributed by atoms with Gasteiger partial charge in [-0.15, -0.1) is 0 Å². The summed E-state index contributed by atoms with van der Waals surface area (Å²) in [6.45, 7) is 6.67. The van der Waals surface area contributed by atoms with Gasteiger partial charge in [0, 0.05) is 69.9 Å². The molecule has 0 aromatic heterocycles. The van der Waals surface area contributed by atoms with Gasteiger partial charge in [0.15, 0.2) is 0 Å². The molecule has 1 unspecified atom stereocenters. The second-order valence-electron chi connectivity index (χ2n) is 8.13. The minimum Gasteiger partial charge on any atom is -0.390 e. The zero-order chi connectivity index (χ0) is 19.3. The topological polar surface area (TPSA) is 59.1 Å². The second-order valence-corrected chi connectivity index (χ2v) is 9.36. The van der Waals surface area contributed by atoms with Gasteiger partial charge in [-0.3, -0.25) is 9.80 Å². The second kappa shape index (κ2) is 10.9. The molecule has 1 aromatic carbocycles. The van der Waals surface area contributed by atoms with E-state index in [4.69, 9.17) is 0 Å². The van der Waals surface area contributed by atoms with Gasteiger partial charge >= 0.3 is 6.03 Å². The van der Waals surface area contributed by atoms with Crippen LogP contribution in [0.4, 0.5) is 4.79 Å². The predicted octanol–water partition coefficient (Wildman–Crippen LogP) is 1.35. The third-order valence-corrected chi connectivity index (χ3v) is 7.12. The van der Waals surface area contributed by atoms with E-state index in [2.05, 4.69) is 39.4 Å².